The molecule has 88 valence electrons. The first-order valence-corrected chi connectivity index (χ1v) is 6.65. The highest BCUT2D eigenvalue weighted by molar-refractivity contribution is 5.21. The summed E-state index contributed by atoms with van der Waals surface area (Å²) in [5.74, 6) is 3.30. The van der Waals surface area contributed by atoms with E-state index in [1.54, 1.807) is 11.1 Å². The van der Waals surface area contributed by atoms with Crippen LogP contribution in [0.3, 0.4) is 0 Å². The van der Waals surface area contributed by atoms with Gasteiger partial charge < -0.3 is 0 Å². The Morgan fingerprint density at radius 2 is 1.40 bits per heavy atom. The zero-order valence-corrected chi connectivity index (χ0v) is 11.4. The van der Waals surface area contributed by atoms with Crippen LogP contribution < -0.4 is 0 Å². The molecule has 0 nitrogen and oxygen atoms in total. The molecule has 0 aromatic carbocycles. The summed E-state index contributed by atoms with van der Waals surface area (Å²) >= 11 is 0. The Morgan fingerprint density at radius 3 is 1.80 bits per heavy atom. The number of allylic oxidation sites excluding steroid dienone is 2. The summed E-state index contributed by atoms with van der Waals surface area (Å²) in [4.78, 5) is 0. The summed E-state index contributed by atoms with van der Waals surface area (Å²) in [5, 5.41) is 0. The van der Waals surface area contributed by atoms with Crippen LogP contribution in [0.15, 0.2) is 11.1 Å². The lowest BCUT2D eigenvalue weighted by Gasteiger charge is -2.33. The first-order chi connectivity index (χ1) is 6.93. The molecular weight excluding hydrogens is 180 g/mol. The van der Waals surface area contributed by atoms with Gasteiger partial charge in [0.1, 0.15) is 0 Å². The first kappa shape index (κ1) is 12.8. The highest BCUT2D eigenvalue weighted by Gasteiger charge is 2.25. The van der Waals surface area contributed by atoms with Gasteiger partial charge in [-0.15, -0.1) is 0 Å². The van der Waals surface area contributed by atoms with Gasteiger partial charge in [-0.05, 0) is 42.9 Å². The number of hydrogen-bond acceptors (Lipinski definition) is 0. The Bertz CT molecular complexity index is 230. The van der Waals surface area contributed by atoms with E-state index in [0.29, 0.717) is 0 Å². The van der Waals surface area contributed by atoms with Crippen LogP contribution in [-0.4, -0.2) is 0 Å². The minimum atomic E-state index is 0.754. The van der Waals surface area contributed by atoms with E-state index in [0.717, 1.165) is 23.7 Å². The normalized spacial score (nSPS) is 23.4. The van der Waals surface area contributed by atoms with Gasteiger partial charge in [-0.3, -0.25) is 0 Å². The third kappa shape index (κ3) is 3.09. The highest BCUT2D eigenvalue weighted by atomic mass is 14.3. The SMILES string of the molecule is CC(C)C1=C(C(C)C)CC(C(C)C)CC1. The van der Waals surface area contributed by atoms with E-state index in [-0.39, 0.29) is 0 Å². The van der Waals surface area contributed by atoms with Crippen molar-refractivity contribution in [2.45, 2.75) is 60.8 Å². The molecule has 1 aliphatic rings. The maximum atomic E-state index is 2.38. The molecule has 1 atom stereocenters. The Kier molecular flexibility index (Phi) is 4.43. The first-order valence-electron chi connectivity index (χ1n) is 6.65. The van der Waals surface area contributed by atoms with Gasteiger partial charge in [0.05, 0.1) is 0 Å². The van der Waals surface area contributed by atoms with Gasteiger partial charge >= 0.3 is 0 Å². The summed E-state index contributed by atoms with van der Waals surface area (Å²) in [6.45, 7) is 14.2. The van der Waals surface area contributed by atoms with Crippen molar-refractivity contribution in [2.75, 3.05) is 0 Å². The van der Waals surface area contributed by atoms with Crippen molar-refractivity contribution in [1.82, 2.24) is 0 Å². The molecule has 15 heavy (non-hydrogen) atoms. The molecule has 1 rings (SSSR count). The van der Waals surface area contributed by atoms with Gasteiger partial charge in [0.2, 0.25) is 0 Å². The van der Waals surface area contributed by atoms with Crippen molar-refractivity contribution in [3.8, 4) is 0 Å². The third-order valence-electron chi connectivity index (χ3n) is 4.02. The van der Waals surface area contributed by atoms with E-state index in [2.05, 4.69) is 41.5 Å². The molecule has 0 radical (unpaired) electrons. The van der Waals surface area contributed by atoms with Crippen molar-refractivity contribution in [1.29, 1.82) is 0 Å². The van der Waals surface area contributed by atoms with Crippen LogP contribution in [0.2, 0.25) is 0 Å². The molecule has 0 saturated carbocycles. The molecule has 0 bridgehead atoms. The van der Waals surface area contributed by atoms with E-state index in [1.807, 2.05) is 0 Å². The lowest BCUT2D eigenvalue weighted by molar-refractivity contribution is 0.322. The zero-order chi connectivity index (χ0) is 11.6. The Morgan fingerprint density at radius 1 is 0.867 bits per heavy atom. The topological polar surface area (TPSA) is 0 Å². The summed E-state index contributed by atoms with van der Waals surface area (Å²) in [6, 6.07) is 0. The van der Waals surface area contributed by atoms with Gasteiger partial charge in [0.15, 0.2) is 0 Å². The largest absolute Gasteiger partial charge is 0.0682 e. The average molecular weight is 208 g/mol. The van der Waals surface area contributed by atoms with Crippen molar-refractivity contribution >= 4 is 0 Å². The van der Waals surface area contributed by atoms with E-state index in [4.69, 9.17) is 0 Å². The monoisotopic (exact) mass is 208 g/mol. The van der Waals surface area contributed by atoms with Crippen LogP contribution in [-0.2, 0) is 0 Å². The zero-order valence-electron chi connectivity index (χ0n) is 11.4. The van der Waals surface area contributed by atoms with Crippen LogP contribution in [0.1, 0.15) is 60.8 Å². The van der Waals surface area contributed by atoms with Gasteiger partial charge in [-0.1, -0.05) is 52.7 Å². The van der Waals surface area contributed by atoms with E-state index < -0.39 is 0 Å². The van der Waals surface area contributed by atoms with E-state index in [1.165, 1.54) is 19.3 Å². The second kappa shape index (κ2) is 5.18. The van der Waals surface area contributed by atoms with Crippen LogP contribution in [0, 0.1) is 23.7 Å². The van der Waals surface area contributed by atoms with Crippen LogP contribution in [0.25, 0.3) is 0 Å². The molecule has 0 aliphatic heterocycles. The van der Waals surface area contributed by atoms with Crippen LogP contribution >= 0.6 is 0 Å². The van der Waals surface area contributed by atoms with Crippen molar-refractivity contribution in [3.05, 3.63) is 11.1 Å². The molecule has 0 heteroatoms. The van der Waals surface area contributed by atoms with Crippen LogP contribution in [0.5, 0.6) is 0 Å². The fourth-order valence-corrected chi connectivity index (χ4v) is 2.85. The van der Waals surface area contributed by atoms with Gasteiger partial charge in [-0.2, -0.15) is 0 Å². The van der Waals surface area contributed by atoms with E-state index >= 15 is 0 Å². The standard InChI is InChI=1S/C15H28/c1-10(2)13-7-8-14(11(3)4)15(9-13)12(5)6/h10-13H,7-9H2,1-6H3. The fraction of sp³-hybridized carbons (Fsp3) is 0.867. The average Bonchev–Trinajstić information content (AvgIpc) is 2.16. The maximum absolute atomic E-state index is 2.38. The van der Waals surface area contributed by atoms with Crippen molar-refractivity contribution in [3.63, 3.8) is 0 Å². The molecule has 0 N–H and O–H groups in total. The van der Waals surface area contributed by atoms with Crippen molar-refractivity contribution in [2.24, 2.45) is 23.7 Å². The van der Waals surface area contributed by atoms with Gasteiger partial charge in [0, 0.05) is 0 Å². The minimum absolute atomic E-state index is 0.754. The van der Waals surface area contributed by atoms with Gasteiger partial charge in [0.25, 0.3) is 0 Å². The Labute approximate surface area is 96.2 Å². The second-order valence-corrected chi connectivity index (χ2v) is 6.11. The molecule has 0 fully saturated rings. The quantitative estimate of drug-likeness (QED) is 0.569. The summed E-state index contributed by atoms with van der Waals surface area (Å²) in [7, 11) is 0. The van der Waals surface area contributed by atoms with E-state index in [9.17, 15) is 0 Å². The van der Waals surface area contributed by atoms with Crippen molar-refractivity contribution < 1.29 is 0 Å². The molecular formula is C15H28. The summed E-state index contributed by atoms with van der Waals surface area (Å²) in [5.41, 5.74) is 3.54. The lowest BCUT2D eigenvalue weighted by atomic mass is 9.73. The third-order valence-corrected chi connectivity index (χ3v) is 4.02. The molecule has 0 aromatic rings. The lowest BCUT2D eigenvalue weighted by Crippen LogP contribution is -2.20. The minimum Gasteiger partial charge on any atom is -0.0682 e. The predicted molar refractivity (Wildman–Crippen MR) is 68.9 cm³/mol. The molecule has 0 saturated heterocycles. The fourth-order valence-electron chi connectivity index (χ4n) is 2.85. The highest BCUT2D eigenvalue weighted by Crippen LogP contribution is 2.39. The molecule has 0 spiro atoms. The number of hydrogen-bond donors (Lipinski definition) is 0. The molecule has 0 heterocycles. The molecule has 1 aliphatic carbocycles. The Hall–Kier alpha value is -0.260. The summed E-state index contributed by atoms with van der Waals surface area (Å²) < 4.78 is 0. The smallest absolute Gasteiger partial charge is 0.0257 e. The second-order valence-electron chi connectivity index (χ2n) is 6.11. The molecule has 0 aromatic heterocycles. The van der Waals surface area contributed by atoms with Gasteiger partial charge in [-0.25, -0.2) is 0 Å². The maximum Gasteiger partial charge on any atom is -0.0257 e. The predicted octanol–water partition coefficient (Wildman–Crippen LogP) is 5.05. The van der Waals surface area contributed by atoms with Crippen LogP contribution in [0.4, 0.5) is 0 Å². The molecule has 0 amide bonds. The summed E-state index contributed by atoms with van der Waals surface area (Å²) in [6.07, 6.45) is 4.14. The Balaban J connectivity index is 2.86. The molecule has 1 unspecified atom stereocenters. The number of rotatable bonds is 3.